The summed E-state index contributed by atoms with van der Waals surface area (Å²) in [6.45, 7) is 11.4. The van der Waals surface area contributed by atoms with Crippen molar-refractivity contribution in [2.45, 2.75) is 108 Å². The second-order valence-electron chi connectivity index (χ2n) is 9.53. The third-order valence-electron chi connectivity index (χ3n) is 6.45. The quantitative estimate of drug-likeness (QED) is 0.429. The van der Waals surface area contributed by atoms with Gasteiger partial charge in [0.05, 0.1) is 23.3 Å². The molecule has 2 atom stereocenters. The normalized spacial score (nSPS) is 19.7. The Morgan fingerprint density at radius 3 is 2.56 bits per heavy atom. The number of amides is 1. The summed E-state index contributed by atoms with van der Waals surface area (Å²) in [4.78, 5) is 36.0. The topological polar surface area (TPSA) is 64.4 Å². The average molecular weight is 478 g/mol. The number of hydrogen-bond acceptors (Lipinski definition) is 6. The minimum absolute atomic E-state index is 0.0367. The van der Waals surface area contributed by atoms with Crippen LogP contribution in [0.25, 0.3) is 10.2 Å². The Morgan fingerprint density at radius 2 is 1.91 bits per heavy atom. The van der Waals surface area contributed by atoms with Crippen LogP contribution in [0.2, 0.25) is 0 Å². The first-order valence-electron chi connectivity index (χ1n) is 11.9. The molecule has 1 amide bonds. The molecule has 176 valence electrons. The van der Waals surface area contributed by atoms with E-state index in [0.29, 0.717) is 11.7 Å². The smallest absolute Gasteiger partial charge is 0.263 e. The minimum atomic E-state index is -0.325. The highest BCUT2D eigenvalue weighted by Crippen LogP contribution is 2.35. The van der Waals surface area contributed by atoms with Crippen molar-refractivity contribution >= 4 is 39.2 Å². The van der Waals surface area contributed by atoms with Crippen molar-refractivity contribution in [3.63, 3.8) is 0 Å². The average Bonchev–Trinajstić information content (AvgIpc) is 3.37. The van der Waals surface area contributed by atoms with Gasteiger partial charge in [-0.1, -0.05) is 11.8 Å². The van der Waals surface area contributed by atoms with E-state index in [-0.39, 0.29) is 34.9 Å². The fourth-order valence-corrected chi connectivity index (χ4v) is 7.26. The Bertz CT molecular complexity index is 1030. The second-order valence-corrected chi connectivity index (χ2v) is 11.9. The lowest BCUT2D eigenvalue weighted by Gasteiger charge is -2.33. The molecule has 4 rings (SSSR count). The molecule has 6 nitrogen and oxygen atoms in total. The lowest BCUT2D eigenvalue weighted by molar-refractivity contribution is -0.133. The molecule has 1 fully saturated rings. The molecule has 2 unspecified atom stereocenters. The van der Waals surface area contributed by atoms with Gasteiger partial charge < -0.3 is 9.64 Å². The van der Waals surface area contributed by atoms with Crippen LogP contribution in [0, 0.1) is 0 Å². The Labute approximate surface area is 198 Å². The third kappa shape index (κ3) is 4.64. The summed E-state index contributed by atoms with van der Waals surface area (Å²) in [6.07, 6.45) is 6.33. The summed E-state index contributed by atoms with van der Waals surface area (Å²) in [5.41, 5.74) is 1.25. The standard InChI is InChI=1S/C24H35N3O3S2/c1-14(2)27(15(3)4)22(28)16(5)31-24-25-21-20(18-10-6-7-11-19(18)32-21)23(29)26(24)13-17-9-8-12-30-17/h14-17H,6-13H2,1-5H3. The van der Waals surface area contributed by atoms with E-state index in [4.69, 9.17) is 9.72 Å². The SMILES string of the molecule is CC(Sc1nc2sc3c(c2c(=O)n1CC1CCCO1)CCCC3)C(=O)N(C(C)C)C(C)C. The van der Waals surface area contributed by atoms with Crippen LogP contribution in [-0.4, -0.2) is 50.4 Å². The van der Waals surface area contributed by atoms with Crippen molar-refractivity contribution in [1.82, 2.24) is 14.5 Å². The number of fused-ring (bicyclic) bond motifs is 3. The van der Waals surface area contributed by atoms with E-state index >= 15 is 0 Å². The highest BCUT2D eigenvalue weighted by atomic mass is 32.2. The van der Waals surface area contributed by atoms with Crippen LogP contribution in [0.15, 0.2) is 9.95 Å². The zero-order chi connectivity index (χ0) is 23.0. The number of rotatable bonds is 7. The van der Waals surface area contributed by atoms with Gasteiger partial charge in [-0.15, -0.1) is 11.3 Å². The maximum absolute atomic E-state index is 13.7. The molecule has 2 aliphatic rings. The monoisotopic (exact) mass is 477 g/mol. The Kier molecular flexibility index (Phi) is 7.32. The van der Waals surface area contributed by atoms with Gasteiger partial charge in [0, 0.05) is 23.6 Å². The molecule has 0 N–H and O–H groups in total. The number of hydrogen-bond donors (Lipinski definition) is 0. The summed E-state index contributed by atoms with van der Waals surface area (Å²) in [7, 11) is 0. The summed E-state index contributed by atoms with van der Waals surface area (Å²) in [5.74, 6) is 0.0866. The van der Waals surface area contributed by atoms with Gasteiger partial charge in [0.1, 0.15) is 4.83 Å². The van der Waals surface area contributed by atoms with Gasteiger partial charge >= 0.3 is 0 Å². The van der Waals surface area contributed by atoms with Crippen LogP contribution in [0.4, 0.5) is 0 Å². The third-order valence-corrected chi connectivity index (χ3v) is 8.71. The maximum atomic E-state index is 13.7. The molecule has 0 saturated carbocycles. The number of nitrogens with zero attached hydrogens (tertiary/aromatic N) is 3. The minimum Gasteiger partial charge on any atom is -0.376 e. The summed E-state index contributed by atoms with van der Waals surface area (Å²) >= 11 is 3.08. The molecule has 2 aromatic heterocycles. The molecule has 8 heteroatoms. The molecule has 32 heavy (non-hydrogen) atoms. The van der Waals surface area contributed by atoms with E-state index in [2.05, 4.69) is 0 Å². The summed E-state index contributed by atoms with van der Waals surface area (Å²) in [5, 5.41) is 1.12. The van der Waals surface area contributed by atoms with Gasteiger partial charge in [0.2, 0.25) is 5.91 Å². The number of aromatic nitrogens is 2. The van der Waals surface area contributed by atoms with Crippen molar-refractivity contribution in [3.05, 3.63) is 20.8 Å². The molecule has 0 bridgehead atoms. The molecule has 2 aromatic rings. The van der Waals surface area contributed by atoms with Gasteiger partial charge in [0.25, 0.3) is 5.56 Å². The highest BCUT2D eigenvalue weighted by Gasteiger charge is 2.29. The predicted octanol–water partition coefficient (Wildman–Crippen LogP) is 4.64. The lowest BCUT2D eigenvalue weighted by Crippen LogP contribution is -2.45. The van der Waals surface area contributed by atoms with E-state index in [0.717, 1.165) is 48.9 Å². The molecular formula is C24H35N3O3S2. The van der Waals surface area contributed by atoms with Crippen LogP contribution >= 0.6 is 23.1 Å². The number of ether oxygens (including phenoxy) is 1. The molecule has 0 aromatic carbocycles. The first-order valence-corrected chi connectivity index (χ1v) is 13.6. The van der Waals surface area contributed by atoms with Gasteiger partial charge in [0.15, 0.2) is 5.16 Å². The fraction of sp³-hybridized carbons (Fsp3) is 0.708. The Morgan fingerprint density at radius 1 is 1.19 bits per heavy atom. The molecule has 3 heterocycles. The van der Waals surface area contributed by atoms with Crippen molar-refractivity contribution in [3.8, 4) is 0 Å². The number of thiophene rings is 1. The maximum Gasteiger partial charge on any atom is 0.263 e. The van der Waals surface area contributed by atoms with Gasteiger partial charge in [-0.2, -0.15) is 0 Å². The van der Waals surface area contributed by atoms with Crippen molar-refractivity contribution in [2.24, 2.45) is 0 Å². The van der Waals surface area contributed by atoms with E-state index in [1.807, 2.05) is 39.5 Å². The zero-order valence-corrected chi connectivity index (χ0v) is 21.5. The highest BCUT2D eigenvalue weighted by molar-refractivity contribution is 8.00. The largest absolute Gasteiger partial charge is 0.376 e. The van der Waals surface area contributed by atoms with E-state index in [1.54, 1.807) is 15.9 Å². The summed E-state index contributed by atoms with van der Waals surface area (Å²) < 4.78 is 7.65. The van der Waals surface area contributed by atoms with Crippen molar-refractivity contribution in [1.29, 1.82) is 0 Å². The van der Waals surface area contributed by atoms with E-state index < -0.39 is 0 Å². The van der Waals surface area contributed by atoms with Crippen LogP contribution in [0.5, 0.6) is 0 Å². The van der Waals surface area contributed by atoms with E-state index in [1.165, 1.54) is 28.6 Å². The van der Waals surface area contributed by atoms with Crippen molar-refractivity contribution in [2.75, 3.05) is 6.61 Å². The second kappa shape index (κ2) is 9.85. The molecule has 0 spiro atoms. The number of thioether (sulfide) groups is 1. The predicted molar refractivity (Wildman–Crippen MR) is 132 cm³/mol. The van der Waals surface area contributed by atoms with E-state index in [9.17, 15) is 9.59 Å². The first-order chi connectivity index (χ1) is 15.3. The summed E-state index contributed by atoms with van der Waals surface area (Å²) in [6, 6.07) is 0.248. The molecule has 1 aliphatic carbocycles. The number of aryl methyl sites for hydroxylation is 2. The molecular weight excluding hydrogens is 442 g/mol. The van der Waals surface area contributed by atoms with Crippen molar-refractivity contribution < 1.29 is 9.53 Å². The Hall–Kier alpha value is -1.38. The lowest BCUT2D eigenvalue weighted by atomic mass is 9.97. The fourth-order valence-electron chi connectivity index (χ4n) is 4.99. The zero-order valence-electron chi connectivity index (χ0n) is 19.8. The van der Waals surface area contributed by atoms with Crippen LogP contribution in [-0.2, 0) is 28.9 Å². The molecule has 1 aliphatic heterocycles. The van der Waals surface area contributed by atoms with Crippen LogP contribution in [0.3, 0.4) is 0 Å². The number of carbonyl (C=O) groups is 1. The van der Waals surface area contributed by atoms with Gasteiger partial charge in [-0.3, -0.25) is 14.2 Å². The van der Waals surface area contributed by atoms with Crippen LogP contribution < -0.4 is 5.56 Å². The van der Waals surface area contributed by atoms with Gasteiger partial charge in [-0.25, -0.2) is 4.98 Å². The van der Waals surface area contributed by atoms with Crippen LogP contribution in [0.1, 0.15) is 70.7 Å². The van der Waals surface area contributed by atoms with Gasteiger partial charge in [-0.05, 0) is 78.7 Å². The molecule has 1 saturated heterocycles. The number of carbonyl (C=O) groups excluding carboxylic acids is 1. The Balaban J connectivity index is 1.73. The molecule has 0 radical (unpaired) electrons. The first kappa shape index (κ1) is 23.8.